The molecule has 0 aliphatic rings. The maximum Gasteiger partial charge on any atom is 0.309 e. The number of aromatic nitrogens is 2. The molecule has 1 atom stereocenters. The lowest BCUT2D eigenvalue weighted by Gasteiger charge is -2.08. The Hall–Kier alpha value is -1.53. The molecule has 2 aromatic rings. The summed E-state index contributed by atoms with van der Waals surface area (Å²) >= 11 is 7.38. The van der Waals surface area contributed by atoms with Crippen molar-refractivity contribution in [2.24, 2.45) is 5.92 Å². The number of carbonyl (C=O) groups is 1. The number of nitrogens with one attached hydrogen (secondary N) is 1. The molecule has 7 heteroatoms. The maximum atomic E-state index is 12.0. The van der Waals surface area contributed by atoms with Crippen LogP contribution in [0, 0.1) is 5.92 Å². The van der Waals surface area contributed by atoms with Crippen LogP contribution in [0.5, 0.6) is 0 Å². The maximum absolute atomic E-state index is 12.0. The molecule has 0 aliphatic carbocycles. The Morgan fingerprint density at radius 3 is 3.00 bits per heavy atom. The van der Waals surface area contributed by atoms with E-state index in [-0.39, 0.29) is 17.4 Å². The number of nitrogens with zero attached hydrogens (tertiary/aromatic N) is 1. The zero-order valence-corrected chi connectivity index (χ0v) is 13.3. The molecule has 0 aliphatic heterocycles. The summed E-state index contributed by atoms with van der Waals surface area (Å²) in [6.07, 6.45) is 0. The highest BCUT2D eigenvalue weighted by Gasteiger charge is 2.13. The molecule has 112 valence electrons. The summed E-state index contributed by atoms with van der Waals surface area (Å²) < 4.78 is 4.66. The van der Waals surface area contributed by atoms with Gasteiger partial charge in [0.25, 0.3) is 5.56 Å². The lowest BCUT2D eigenvalue weighted by molar-refractivity contribution is -0.143. The van der Waals surface area contributed by atoms with Crippen LogP contribution >= 0.6 is 23.4 Å². The molecule has 1 unspecified atom stereocenters. The van der Waals surface area contributed by atoms with E-state index in [0.29, 0.717) is 33.3 Å². The van der Waals surface area contributed by atoms with Gasteiger partial charge in [0.1, 0.15) is 5.82 Å². The number of thioether (sulfide) groups is 1. The second kappa shape index (κ2) is 6.95. The highest BCUT2D eigenvalue weighted by atomic mass is 35.5. The third kappa shape index (κ3) is 3.98. The van der Waals surface area contributed by atoms with Crippen molar-refractivity contribution in [1.82, 2.24) is 9.97 Å². The van der Waals surface area contributed by atoms with E-state index >= 15 is 0 Å². The van der Waals surface area contributed by atoms with Crippen LogP contribution in [0.15, 0.2) is 23.0 Å². The van der Waals surface area contributed by atoms with Gasteiger partial charge >= 0.3 is 5.97 Å². The highest BCUT2D eigenvalue weighted by Crippen LogP contribution is 2.17. The molecule has 2 rings (SSSR count). The van der Waals surface area contributed by atoms with E-state index in [1.807, 2.05) is 0 Å². The predicted molar refractivity (Wildman–Crippen MR) is 84.7 cm³/mol. The largest absolute Gasteiger partial charge is 0.469 e. The van der Waals surface area contributed by atoms with Crippen molar-refractivity contribution < 1.29 is 9.53 Å². The fourth-order valence-corrected chi connectivity index (χ4v) is 2.94. The van der Waals surface area contributed by atoms with E-state index in [4.69, 9.17) is 11.6 Å². The number of ether oxygens (including phenoxy) is 1. The van der Waals surface area contributed by atoms with Crippen LogP contribution in [-0.2, 0) is 15.3 Å². The Labute approximate surface area is 131 Å². The van der Waals surface area contributed by atoms with Gasteiger partial charge in [0.2, 0.25) is 0 Å². The van der Waals surface area contributed by atoms with Crippen LogP contribution in [0.1, 0.15) is 12.7 Å². The zero-order valence-electron chi connectivity index (χ0n) is 11.7. The van der Waals surface area contributed by atoms with Crippen molar-refractivity contribution in [2.45, 2.75) is 12.7 Å². The van der Waals surface area contributed by atoms with Gasteiger partial charge in [-0.25, -0.2) is 4.98 Å². The molecule has 1 aromatic carbocycles. The second-order valence-electron chi connectivity index (χ2n) is 4.61. The average Bonchev–Trinajstić information content (AvgIpc) is 2.47. The summed E-state index contributed by atoms with van der Waals surface area (Å²) in [6.45, 7) is 1.80. The Bertz CT molecular complexity index is 717. The first-order chi connectivity index (χ1) is 10.0. The van der Waals surface area contributed by atoms with Gasteiger partial charge in [-0.3, -0.25) is 9.59 Å². The van der Waals surface area contributed by atoms with Crippen molar-refractivity contribution in [3.05, 3.63) is 39.4 Å². The number of hydrogen-bond acceptors (Lipinski definition) is 5. The Balaban J connectivity index is 2.08. The minimum absolute atomic E-state index is 0.189. The van der Waals surface area contributed by atoms with Crippen LogP contribution in [0.25, 0.3) is 10.9 Å². The lowest BCUT2D eigenvalue weighted by Crippen LogP contribution is -2.15. The van der Waals surface area contributed by atoms with Gasteiger partial charge in [0, 0.05) is 10.8 Å². The molecular weight excluding hydrogens is 312 g/mol. The molecular formula is C14H15ClN2O3S. The van der Waals surface area contributed by atoms with Crippen LogP contribution < -0.4 is 5.56 Å². The standard InChI is InChI=1S/C14H15ClN2O3S/c1-8(14(19)20-2)6-21-7-12-16-11-4-3-9(15)5-10(11)13(18)17-12/h3-5,8H,6-7H2,1-2H3,(H,16,17,18). The average molecular weight is 327 g/mol. The molecule has 21 heavy (non-hydrogen) atoms. The van der Waals surface area contributed by atoms with Gasteiger partial charge < -0.3 is 9.72 Å². The van der Waals surface area contributed by atoms with Gasteiger partial charge in [-0.2, -0.15) is 11.8 Å². The molecule has 0 bridgehead atoms. The first-order valence-electron chi connectivity index (χ1n) is 6.35. The predicted octanol–water partition coefficient (Wildman–Crippen LogP) is 2.62. The van der Waals surface area contributed by atoms with E-state index in [2.05, 4.69) is 14.7 Å². The Kier molecular flexibility index (Phi) is 5.25. The van der Waals surface area contributed by atoms with Crippen molar-refractivity contribution in [1.29, 1.82) is 0 Å². The number of H-pyrrole nitrogens is 1. The molecule has 0 spiro atoms. The van der Waals surface area contributed by atoms with E-state index in [0.717, 1.165) is 0 Å². The molecule has 0 saturated carbocycles. The van der Waals surface area contributed by atoms with Crippen molar-refractivity contribution in [2.75, 3.05) is 12.9 Å². The van der Waals surface area contributed by atoms with Gasteiger partial charge in [-0.05, 0) is 18.2 Å². The third-order valence-corrected chi connectivity index (χ3v) is 4.38. The first-order valence-corrected chi connectivity index (χ1v) is 7.88. The summed E-state index contributed by atoms with van der Waals surface area (Å²) in [5.41, 5.74) is 0.402. The van der Waals surface area contributed by atoms with Crippen LogP contribution in [0.2, 0.25) is 5.02 Å². The molecule has 1 N–H and O–H groups in total. The van der Waals surface area contributed by atoms with Crippen molar-refractivity contribution in [3.8, 4) is 0 Å². The Morgan fingerprint density at radius 1 is 1.52 bits per heavy atom. The molecule has 1 heterocycles. The summed E-state index contributed by atoms with van der Waals surface area (Å²) in [5.74, 6) is 1.28. The van der Waals surface area contributed by atoms with E-state index in [9.17, 15) is 9.59 Å². The molecule has 0 radical (unpaired) electrons. The van der Waals surface area contributed by atoms with Crippen LogP contribution in [0.4, 0.5) is 0 Å². The fraction of sp³-hybridized carbons (Fsp3) is 0.357. The number of benzene rings is 1. The smallest absolute Gasteiger partial charge is 0.309 e. The van der Waals surface area contributed by atoms with Gasteiger partial charge in [0.05, 0.1) is 29.7 Å². The van der Waals surface area contributed by atoms with Crippen molar-refractivity contribution in [3.63, 3.8) is 0 Å². The summed E-state index contributed by atoms with van der Waals surface area (Å²) in [5, 5.41) is 0.975. The molecule has 1 aromatic heterocycles. The SMILES string of the molecule is COC(=O)C(C)CSCc1nc2ccc(Cl)cc2c(=O)[nH]1. The number of rotatable bonds is 5. The number of aromatic amines is 1. The third-order valence-electron chi connectivity index (χ3n) is 2.93. The van der Waals surface area contributed by atoms with Crippen LogP contribution in [-0.4, -0.2) is 28.8 Å². The van der Waals surface area contributed by atoms with Crippen molar-refractivity contribution >= 4 is 40.2 Å². The van der Waals surface area contributed by atoms with E-state index in [1.54, 1.807) is 25.1 Å². The highest BCUT2D eigenvalue weighted by molar-refractivity contribution is 7.98. The van der Waals surface area contributed by atoms with E-state index in [1.165, 1.54) is 18.9 Å². The minimum Gasteiger partial charge on any atom is -0.469 e. The Morgan fingerprint density at radius 2 is 2.29 bits per heavy atom. The minimum atomic E-state index is -0.239. The molecule has 0 amide bonds. The number of fused-ring (bicyclic) bond motifs is 1. The molecule has 0 saturated heterocycles. The monoisotopic (exact) mass is 326 g/mol. The quantitative estimate of drug-likeness (QED) is 0.855. The fourth-order valence-electron chi connectivity index (χ4n) is 1.83. The number of carbonyl (C=O) groups excluding carboxylic acids is 1. The van der Waals surface area contributed by atoms with Gasteiger partial charge in [-0.15, -0.1) is 0 Å². The van der Waals surface area contributed by atoms with Crippen LogP contribution in [0.3, 0.4) is 0 Å². The number of halogens is 1. The lowest BCUT2D eigenvalue weighted by atomic mass is 10.2. The molecule has 0 fully saturated rings. The summed E-state index contributed by atoms with van der Waals surface area (Å²) in [7, 11) is 1.37. The molecule has 5 nitrogen and oxygen atoms in total. The number of methoxy groups -OCH3 is 1. The topological polar surface area (TPSA) is 72.0 Å². The number of esters is 1. The number of hydrogen-bond donors (Lipinski definition) is 1. The van der Waals surface area contributed by atoms with E-state index < -0.39 is 0 Å². The second-order valence-corrected chi connectivity index (χ2v) is 6.08. The first kappa shape index (κ1) is 15.9. The zero-order chi connectivity index (χ0) is 15.4. The summed E-state index contributed by atoms with van der Waals surface area (Å²) in [4.78, 5) is 30.4. The normalized spacial score (nSPS) is 12.3. The van der Waals surface area contributed by atoms with Gasteiger partial charge in [0.15, 0.2) is 0 Å². The summed E-state index contributed by atoms with van der Waals surface area (Å²) in [6, 6.07) is 5.02. The van der Waals surface area contributed by atoms with Gasteiger partial charge in [-0.1, -0.05) is 18.5 Å².